The lowest BCUT2D eigenvalue weighted by Gasteiger charge is -2.19. The smallest absolute Gasteiger partial charge is 0.177 e. The van der Waals surface area contributed by atoms with Gasteiger partial charge in [0.15, 0.2) is 9.84 Å². The first-order valence-corrected chi connectivity index (χ1v) is 17.4. The molecule has 0 aliphatic rings. The molecule has 4 nitrogen and oxygen atoms in total. The molecule has 0 fully saturated rings. The molecule has 1 atom stereocenters. The summed E-state index contributed by atoms with van der Waals surface area (Å²) in [4.78, 5) is 27.5. The topological polar surface area (TPSA) is 68.3 Å². The molecule has 1 aromatic heterocycles. The van der Waals surface area contributed by atoms with Crippen LogP contribution in [0.2, 0.25) is 0 Å². The number of hydrogen-bond donors (Lipinski definition) is 0. The van der Waals surface area contributed by atoms with Crippen LogP contribution in [0, 0.1) is 0 Å². The van der Waals surface area contributed by atoms with Crippen molar-refractivity contribution >= 4 is 33.2 Å². The van der Waals surface area contributed by atoms with Gasteiger partial charge in [-0.15, -0.1) is 11.3 Å². The van der Waals surface area contributed by atoms with Gasteiger partial charge in [-0.25, -0.2) is 8.42 Å². The number of carbonyl (C=O) groups is 2. The summed E-state index contributed by atoms with van der Waals surface area (Å²) < 4.78 is 26.9. The van der Waals surface area contributed by atoms with E-state index in [2.05, 4.69) is 48.5 Å². The molecule has 0 saturated carbocycles. The van der Waals surface area contributed by atoms with Gasteiger partial charge in [-0.1, -0.05) is 123 Å². The fourth-order valence-electron chi connectivity index (χ4n) is 5.09. The van der Waals surface area contributed by atoms with Gasteiger partial charge in [-0.3, -0.25) is 4.79 Å². The van der Waals surface area contributed by atoms with Crippen LogP contribution in [0.25, 0.3) is 20.9 Å². The van der Waals surface area contributed by atoms with Crippen LogP contribution in [-0.2, 0) is 30.3 Å². The maximum atomic E-state index is 13.5. The quantitative estimate of drug-likeness (QED) is 0.119. The fraction of sp³-hybridized carbons (Fsp3) is 0.486. The summed E-state index contributed by atoms with van der Waals surface area (Å²) in [5, 5.41) is 0. The van der Waals surface area contributed by atoms with Gasteiger partial charge in [-0.2, -0.15) is 0 Å². The van der Waals surface area contributed by atoms with Crippen LogP contribution >= 0.6 is 11.3 Å². The minimum atomic E-state index is -3.79. The third kappa shape index (κ3) is 8.04. The number of benzene rings is 2. The minimum absolute atomic E-state index is 0.0479. The summed E-state index contributed by atoms with van der Waals surface area (Å²) in [5.74, 6) is -1.36. The van der Waals surface area contributed by atoms with Crippen molar-refractivity contribution in [1.29, 1.82) is 0 Å². The molecule has 222 valence electrons. The summed E-state index contributed by atoms with van der Waals surface area (Å²) >= 11 is 1.35. The second-order valence-electron chi connectivity index (χ2n) is 13.2. The van der Waals surface area contributed by atoms with E-state index in [4.69, 9.17) is 0 Å². The van der Waals surface area contributed by atoms with Crippen molar-refractivity contribution in [3.05, 3.63) is 65.2 Å². The molecule has 3 rings (SSSR count). The van der Waals surface area contributed by atoms with E-state index in [9.17, 15) is 18.0 Å². The van der Waals surface area contributed by atoms with Crippen molar-refractivity contribution in [3.63, 3.8) is 0 Å². The Balaban J connectivity index is 2.24. The van der Waals surface area contributed by atoms with Gasteiger partial charge in [0.25, 0.3) is 0 Å². The zero-order valence-electron chi connectivity index (χ0n) is 26.0. The zero-order chi connectivity index (χ0) is 30.6. The minimum Gasteiger partial charge on any atom is -0.302 e. The van der Waals surface area contributed by atoms with Crippen molar-refractivity contribution in [1.82, 2.24) is 0 Å². The Bertz CT molecular complexity index is 1450. The van der Waals surface area contributed by atoms with Gasteiger partial charge in [0.1, 0.15) is 18.0 Å². The first-order chi connectivity index (χ1) is 19.1. The number of unbranched alkanes of at least 4 members (excludes halogenated alkanes) is 4. The van der Waals surface area contributed by atoms with Gasteiger partial charge in [-0.05, 0) is 39.5 Å². The van der Waals surface area contributed by atoms with Crippen LogP contribution in [0.4, 0.5) is 0 Å². The van der Waals surface area contributed by atoms with E-state index in [0.717, 1.165) is 47.9 Å². The Morgan fingerprint density at radius 3 is 1.66 bits per heavy atom. The number of sulfone groups is 1. The highest BCUT2D eigenvalue weighted by atomic mass is 32.2. The van der Waals surface area contributed by atoms with Crippen LogP contribution in [-0.4, -0.2) is 26.7 Å². The first-order valence-electron chi connectivity index (χ1n) is 14.7. The largest absolute Gasteiger partial charge is 0.302 e. The van der Waals surface area contributed by atoms with Crippen LogP contribution in [0.15, 0.2) is 53.4 Å². The first kappa shape index (κ1) is 32.9. The predicted octanol–water partition coefficient (Wildman–Crippen LogP) is 9.29. The maximum Gasteiger partial charge on any atom is 0.177 e. The molecule has 2 aromatic carbocycles. The van der Waals surface area contributed by atoms with E-state index in [1.807, 2.05) is 48.5 Å². The summed E-state index contributed by atoms with van der Waals surface area (Å²) in [6, 6.07) is 16.0. The molecule has 1 unspecified atom stereocenters. The predicted molar refractivity (Wildman–Crippen MR) is 173 cm³/mol. The monoisotopic (exact) mass is 594 g/mol. The number of carbonyl (C=O) groups excluding carboxylic acids is 2. The highest BCUT2D eigenvalue weighted by Gasteiger charge is 2.34. The second kappa shape index (κ2) is 13.2. The lowest BCUT2D eigenvalue weighted by Crippen LogP contribution is -2.17. The Labute approximate surface area is 251 Å². The highest BCUT2D eigenvalue weighted by molar-refractivity contribution is 7.91. The fourth-order valence-corrected chi connectivity index (χ4v) is 8.07. The van der Waals surface area contributed by atoms with Crippen molar-refractivity contribution in [2.45, 2.75) is 109 Å². The maximum absolute atomic E-state index is 13.5. The molecule has 0 spiro atoms. The number of thiophene rings is 1. The summed E-state index contributed by atoms with van der Waals surface area (Å²) in [6.45, 7) is 15.0. The van der Waals surface area contributed by atoms with Crippen LogP contribution in [0.5, 0.6) is 0 Å². The molecule has 0 radical (unpaired) electrons. The SMILES string of the molecule is CCCCCCCC(=O)C(C=O)c1c(-c2ccc(C(C)(C)C)cc2)sc(-c2ccc(C(C)(C)C)cc2)c1S(C)(=O)=O. The van der Waals surface area contributed by atoms with E-state index >= 15 is 0 Å². The Kier molecular flexibility index (Phi) is 10.6. The second-order valence-corrected chi connectivity index (χ2v) is 16.1. The molecule has 0 saturated heterocycles. The van der Waals surface area contributed by atoms with Crippen molar-refractivity contribution < 1.29 is 18.0 Å². The van der Waals surface area contributed by atoms with Crippen molar-refractivity contribution in [3.8, 4) is 20.9 Å². The van der Waals surface area contributed by atoms with Gasteiger partial charge in [0.05, 0.1) is 9.77 Å². The Morgan fingerprint density at radius 1 is 0.780 bits per heavy atom. The van der Waals surface area contributed by atoms with E-state index in [1.165, 1.54) is 17.6 Å². The third-order valence-corrected chi connectivity index (χ3v) is 10.2. The third-order valence-electron chi connectivity index (χ3n) is 7.62. The molecule has 3 aromatic rings. The van der Waals surface area contributed by atoms with E-state index in [-0.39, 0.29) is 27.9 Å². The summed E-state index contributed by atoms with van der Waals surface area (Å²) in [7, 11) is -3.79. The van der Waals surface area contributed by atoms with Crippen molar-refractivity contribution in [2.24, 2.45) is 0 Å². The van der Waals surface area contributed by atoms with Crippen molar-refractivity contribution in [2.75, 3.05) is 6.26 Å². The lowest BCUT2D eigenvalue weighted by molar-refractivity contribution is -0.124. The molecule has 0 bridgehead atoms. The zero-order valence-corrected chi connectivity index (χ0v) is 27.6. The number of hydrogen-bond acceptors (Lipinski definition) is 5. The van der Waals surface area contributed by atoms with E-state index < -0.39 is 15.8 Å². The van der Waals surface area contributed by atoms with Gasteiger partial charge < -0.3 is 4.79 Å². The molecular formula is C35H46O4S2. The molecular weight excluding hydrogens is 549 g/mol. The summed E-state index contributed by atoms with van der Waals surface area (Å²) in [6.07, 6.45) is 6.94. The number of ketones is 1. The Hall–Kier alpha value is -2.57. The molecule has 1 heterocycles. The van der Waals surface area contributed by atoms with Crippen LogP contribution < -0.4 is 0 Å². The van der Waals surface area contributed by atoms with Crippen LogP contribution in [0.1, 0.15) is 110 Å². The average Bonchev–Trinajstić information content (AvgIpc) is 3.29. The standard InChI is InChI=1S/C35H46O4S2/c1-9-10-11-12-13-14-29(37)28(23-36)30-31(24-15-19-26(20-16-24)34(2,3)4)40-32(33(30)41(8,38)39)25-17-21-27(22-18-25)35(5,6)7/h15-23,28H,9-14H2,1-8H3. The highest BCUT2D eigenvalue weighted by Crippen LogP contribution is 2.48. The van der Waals surface area contributed by atoms with Crippen LogP contribution in [0.3, 0.4) is 0 Å². The molecule has 0 aliphatic carbocycles. The lowest BCUT2D eigenvalue weighted by atomic mass is 9.85. The Morgan fingerprint density at radius 2 is 1.24 bits per heavy atom. The molecule has 0 amide bonds. The average molecular weight is 595 g/mol. The molecule has 41 heavy (non-hydrogen) atoms. The van der Waals surface area contributed by atoms with Gasteiger partial charge in [0.2, 0.25) is 0 Å². The van der Waals surface area contributed by atoms with E-state index in [1.54, 1.807) is 0 Å². The number of aldehydes is 1. The van der Waals surface area contributed by atoms with Gasteiger partial charge in [0, 0.05) is 23.1 Å². The summed E-state index contributed by atoms with van der Waals surface area (Å²) in [5.41, 5.74) is 4.08. The van der Waals surface area contributed by atoms with Gasteiger partial charge >= 0.3 is 0 Å². The molecule has 0 N–H and O–H groups in total. The number of rotatable bonds is 12. The van der Waals surface area contributed by atoms with E-state index in [0.29, 0.717) is 28.0 Å². The normalized spacial score (nSPS) is 13.3. The number of Topliss-reactive ketones (excluding diaryl/α,β-unsaturated/α-hetero) is 1. The molecule has 0 aliphatic heterocycles. The molecule has 6 heteroatoms.